The molecule has 1 aromatic carbocycles. The van der Waals surface area contributed by atoms with Gasteiger partial charge in [-0.3, -0.25) is 4.79 Å². The first-order chi connectivity index (χ1) is 8.19. The summed E-state index contributed by atoms with van der Waals surface area (Å²) < 4.78 is 5.05. The number of ketones is 1. The summed E-state index contributed by atoms with van der Waals surface area (Å²) >= 11 is 0. The zero-order chi connectivity index (χ0) is 12.3. The van der Waals surface area contributed by atoms with E-state index in [9.17, 15) is 9.90 Å². The number of ether oxygens (including phenoxy) is 1. The second-order valence-corrected chi connectivity index (χ2v) is 4.32. The van der Waals surface area contributed by atoms with Crippen molar-refractivity contribution in [1.82, 2.24) is 0 Å². The molecule has 1 aliphatic carbocycles. The number of carbonyl (C=O) groups is 1. The molecule has 1 aliphatic rings. The third-order valence-corrected chi connectivity index (χ3v) is 3.06. The highest BCUT2D eigenvalue weighted by atomic mass is 16.5. The van der Waals surface area contributed by atoms with E-state index in [0.717, 1.165) is 17.7 Å². The van der Waals surface area contributed by atoms with Crippen LogP contribution in [0.2, 0.25) is 0 Å². The molecule has 1 atom stereocenters. The van der Waals surface area contributed by atoms with Crippen LogP contribution in [0.3, 0.4) is 0 Å². The Morgan fingerprint density at radius 3 is 2.65 bits per heavy atom. The Bertz CT molecular complexity index is 431. The van der Waals surface area contributed by atoms with Gasteiger partial charge in [0.15, 0.2) is 0 Å². The van der Waals surface area contributed by atoms with Gasteiger partial charge < -0.3 is 9.84 Å². The number of carbonyl (C=O) groups excluding carboxylic acids is 1. The Hall–Kier alpha value is -1.77. The van der Waals surface area contributed by atoms with Crippen LogP contribution in [0, 0.1) is 5.92 Å². The largest absolute Gasteiger partial charge is 0.508 e. The number of hydrogen-bond donors (Lipinski definition) is 1. The van der Waals surface area contributed by atoms with E-state index in [4.69, 9.17) is 4.74 Å². The minimum Gasteiger partial charge on any atom is -0.508 e. The topological polar surface area (TPSA) is 46.5 Å². The molecule has 2 rings (SSSR count). The number of rotatable bonds is 3. The lowest BCUT2D eigenvalue weighted by Crippen LogP contribution is -1.93. The van der Waals surface area contributed by atoms with Crippen LogP contribution in [0.15, 0.2) is 30.3 Å². The molecule has 1 N–H and O–H groups in total. The van der Waals surface area contributed by atoms with E-state index in [2.05, 4.69) is 0 Å². The molecule has 1 saturated carbocycles. The second kappa shape index (κ2) is 5.04. The van der Waals surface area contributed by atoms with Crippen molar-refractivity contribution < 1.29 is 14.6 Å². The van der Waals surface area contributed by atoms with E-state index >= 15 is 0 Å². The van der Waals surface area contributed by atoms with E-state index in [1.54, 1.807) is 37.5 Å². The van der Waals surface area contributed by atoms with Crippen molar-refractivity contribution in [2.24, 2.45) is 5.92 Å². The Kier molecular flexibility index (Phi) is 3.47. The van der Waals surface area contributed by atoms with Crippen molar-refractivity contribution in [1.29, 1.82) is 0 Å². The Balaban J connectivity index is 2.10. The molecule has 0 heterocycles. The summed E-state index contributed by atoms with van der Waals surface area (Å²) in [5.41, 5.74) is 0.755. The fourth-order valence-corrected chi connectivity index (χ4v) is 2.07. The molecule has 0 aliphatic heterocycles. The van der Waals surface area contributed by atoms with Crippen LogP contribution in [-0.4, -0.2) is 18.0 Å². The molecule has 3 nitrogen and oxygen atoms in total. The first kappa shape index (κ1) is 11.7. The highest BCUT2D eigenvalue weighted by Gasteiger charge is 2.20. The summed E-state index contributed by atoms with van der Waals surface area (Å²) in [6.07, 6.45) is 3.82. The van der Waals surface area contributed by atoms with Crippen LogP contribution in [0.1, 0.15) is 24.8 Å². The number of Topliss-reactive ketones (excluding diaryl/α,β-unsaturated/α-hetero) is 1. The molecule has 1 unspecified atom stereocenters. The molecule has 1 fully saturated rings. The first-order valence-corrected chi connectivity index (χ1v) is 5.76. The maximum Gasteiger partial charge on any atom is 0.133 e. The maximum absolute atomic E-state index is 11.1. The number of methoxy groups -OCH3 is 1. The summed E-state index contributed by atoms with van der Waals surface area (Å²) in [6, 6.07) is 7.22. The van der Waals surface area contributed by atoms with Gasteiger partial charge in [0.2, 0.25) is 0 Å². The summed E-state index contributed by atoms with van der Waals surface area (Å²) in [7, 11) is 1.61. The highest BCUT2D eigenvalue weighted by Crippen LogP contribution is 2.26. The predicted molar refractivity (Wildman–Crippen MR) is 65.9 cm³/mol. The van der Waals surface area contributed by atoms with Crippen LogP contribution in [0.5, 0.6) is 5.75 Å². The molecular weight excluding hydrogens is 216 g/mol. The Morgan fingerprint density at radius 2 is 2.12 bits per heavy atom. The fourth-order valence-electron chi connectivity index (χ4n) is 2.07. The van der Waals surface area contributed by atoms with E-state index < -0.39 is 0 Å². The van der Waals surface area contributed by atoms with E-state index in [0.29, 0.717) is 12.8 Å². The van der Waals surface area contributed by atoms with E-state index in [-0.39, 0.29) is 17.5 Å². The van der Waals surface area contributed by atoms with Crippen LogP contribution in [0.4, 0.5) is 0 Å². The van der Waals surface area contributed by atoms with Crippen molar-refractivity contribution in [3.05, 3.63) is 35.9 Å². The molecule has 0 aromatic heterocycles. The van der Waals surface area contributed by atoms with Gasteiger partial charge in [-0.05, 0) is 42.7 Å². The molecule has 0 bridgehead atoms. The molecule has 1 aromatic rings. The molecule has 17 heavy (non-hydrogen) atoms. The van der Waals surface area contributed by atoms with Crippen molar-refractivity contribution in [3.63, 3.8) is 0 Å². The van der Waals surface area contributed by atoms with E-state index in [1.165, 1.54) is 0 Å². The number of hydrogen-bond acceptors (Lipinski definition) is 3. The lowest BCUT2D eigenvalue weighted by molar-refractivity contribution is -0.117. The van der Waals surface area contributed by atoms with Crippen LogP contribution >= 0.6 is 0 Å². The summed E-state index contributed by atoms with van der Waals surface area (Å²) in [6.45, 7) is 0. The fraction of sp³-hybridized carbons (Fsp3) is 0.357. The van der Waals surface area contributed by atoms with Gasteiger partial charge in [-0.25, -0.2) is 0 Å². The number of benzene rings is 1. The normalized spacial score (nSPS) is 20.6. The maximum atomic E-state index is 11.1. The lowest BCUT2D eigenvalue weighted by atomic mass is 10.0. The minimum atomic E-state index is 0.185. The van der Waals surface area contributed by atoms with Crippen molar-refractivity contribution in [3.8, 4) is 5.75 Å². The number of aliphatic hydroxyl groups excluding tert-OH is 1. The summed E-state index contributed by atoms with van der Waals surface area (Å²) in [5.74, 6) is 1.48. The zero-order valence-corrected chi connectivity index (χ0v) is 9.85. The van der Waals surface area contributed by atoms with Gasteiger partial charge >= 0.3 is 0 Å². The summed E-state index contributed by atoms with van der Waals surface area (Å²) in [5, 5.41) is 9.94. The third kappa shape index (κ3) is 2.87. The number of allylic oxidation sites excluding steroid dienone is 1. The second-order valence-electron chi connectivity index (χ2n) is 4.32. The average Bonchev–Trinajstić information content (AvgIpc) is 2.75. The van der Waals surface area contributed by atoms with Crippen molar-refractivity contribution in [2.75, 3.05) is 7.11 Å². The van der Waals surface area contributed by atoms with Gasteiger partial charge in [0, 0.05) is 18.4 Å². The zero-order valence-electron chi connectivity index (χ0n) is 9.85. The van der Waals surface area contributed by atoms with Gasteiger partial charge in [-0.2, -0.15) is 0 Å². The molecule has 90 valence electrons. The highest BCUT2D eigenvalue weighted by molar-refractivity contribution is 5.81. The van der Waals surface area contributed by atoms with Crippen molar-refractivity contribution >= 4 is 11.5 Å². The quantitative estimate of drug-likeness (QED) is 0.815. The van der Waals surface area contributed by atoms with Gasteiger partial charge in [0.1, 0.15) is 17.3 Å². The molecular formula is C14H16O3. The predicted octanol–water partition coefficient (Wildman–Crippen LogP) is 2.96. The summed E-state index contributed by atoms with van der Waals surface area (Å²) in [4.78, 5) is 11.1. The molecule has 0 saturated heterocycles. The van der Waals surface area contributed by atoms with Crippen LogP contribution in [-0.2, 0) is 4.79 Å². The van der Waals surface area contributed by atoms with Crippen LogP contribution < -0.4 is 4.74 Å². The SMILES string of the molecule is COc1ccc(C(O)=CC2CCC(=O)C2)cc1. The van der Waals surface area contributed by atoms with Crippen LogP contribution in [0.25, 0.3) is 5.76 Å². The Morgan fingerprint density at radius 1 is 1.41 bits per heavy atom. The lowest BCUT2D eigenvalue weighted by Gasteiger charge is -2.05. The molecule has 3 heteroatoms. The smallest absolute Gasteiger partial charge is 0.133 e. The Labute approximate surface area is 101 Å². The van der Waals surface area contributed by atoms with Gasteiger partial charge in [-0.1, -0.05) is 0 Å². The third-order valence-electron chi connectivity index (χ3n) is 3.06. The molecule has 0 amide bonds. The van der Waals surface area contributed by atoms with Gasteiger partial charge in [0.05, 0.1) is 7.11 Å². The van der Waals surface area contributed by atoms with Gasteiger partial charge in [-0.15, -0.1) is 0 Å². The standard InChI is InChI=1S/C14H16O3/c1-17-13-6-3-11(4-7-13)14(16)9-10-2-5-12(15)8-10/h3-4,6-7,9-10,16H,2,5,8H2,1H3. The minimum absolute atomic E-state index is 0.185. The first-order valence-electron chi connectivity index (χ1n) is 5.76. The van der Waals surface area contributed by atoms with Crippen molar-refractivity contribution in [2.45, 2.75) is 19.3 Å². The monoisotopic (exact) mass is 232 g/mol. The molecule has 0 radical (unpaired) electrons. The van der Waals surface area contributed by atoms with Gasteiger partial charge in [0.25, 0.3) is 0 Å². The van der Waals surface area contributed by atoms with E-state index in [1.807, 2.05) is 0 Å². The average molecular weight is 232 g/mol. The number of aliphatic hydroxyl groups is 1. The molecule has 0 spiro atoms.